The van der Waals surface area contributed by atoms with E-state index in [0.29, 0.717) is 18.4 Å². The number of Topliss-reactive ketones (excluding diaryl/α,β-unsaturated/α-hetero) is 1. The average molecular weight is 222 g/mol. The summed E-state index contributed by atoms with van der Waals surface area (Å²) in [6.45, 7) is 7.52. The van der Waals surface area contributed by atoms with E-state index in [1.165, 1.54) is 6.07 Å². The highest BCUT2D eigenvalue weighted by Crippen LogP contribution is 2.19. The fraction of sp³-hybridized carbons (Fsp3) is 0.500. The van der Waals surface area contributed by atoms with Gasteiger partial charge in [-0.05, 0) is 30.5 Å². The van der Waals surface area contributed by atoms with Crippen LogP contribution in [0.2, 0.25) is 0 Å². The third-order valence-corrected chi connectivity index (χ3v) is 2.67. The molecule has 0 aromatic heterocycles. The van der Waals surface area contributed by atoms with Gasteiger partial charge in [-0.15, -0.1) is 0 Å². The standard InChI is InChI=1S/C14H19FO/c1-10-5-6-11(12(15)9-10)7-8-13(16)14(2,3)4/h5-6,9H,7-8H2,1-4H3. The van der Waals surface area contributed by atoms with Crippen LogP contribution in [0.1, 0.15) is 38.3 Å². The van der Waals surface area contributed by atoms with Crippen molar-refractivity contribution in [1.29, 1.82) is 0 Å². The summed E-state index contributed by atoms with van der Waals surface area (Å²) in [4.78, 5) is 11.7. The summed E-state index contributed by atoms with van der Waals surface area (Å²) in [5.74, 6) is -0.0332. The Bertz CT molecular complexity index is 388. The minimum Gasteiger partial charge on any atom is -0.299 e. The third-order valence-electron chi connectivity index (χ3n) is 2.67. The molecule has 0 saturated heterocycles. The zero-order valence-corrected chi connectivity index (χ0v) is 10.4. The molecule has 0 atom stereocenters. The lowest BCUT2D eigenvalue weighted by molar-refractivity contribution is -0.126. The van der Waals surface area contributed by atoms with Crippen LogP contribution in [0.25, 0.3) is 0 Å². The van der Waals surface area contributed by atoms with Gasteiger partial charge in [0.25, 0.3) is 0 Å². The van der Waals surface area contributed by atoms with E-state index in [4.69, 9.17) is 0 Å². The molecule has 0 aliphatic rings. The lowest BCUT2D eigenvalue weighted by atomic mass is 9.87. The van der Waals surface area contributed by atoms with Gasteiger partial charge < -0.3 is 0 Å². The van der Waals surface area contributed by atoms with Crippen molar-refractivity contribution in [3.8, 4) is 0 Å². The van der Waals surface area contributed by atoms with E-state index < -0.39 is 0 Å². The third kappa shape index (κ3) is 3.44. The molecular weight excluding hydrogens is 203 g/mol. The van der Waals surface area contributed by atoms with Crippen LogP contribution < -0.4 is 0 Å². The van der Waals surface area contributed by atoms with Crippen molar-refractivity contribution in [2.75, 3.05) is 0 Å². The molecule has 0 heterocycles. The minimum atomic E-state index is -0.332. The quantitative estimate of drug-likeness (QED) is 0.762. The molecule has 0 unspecified atom stereocenters. The summed E-state index contributed by atoms with van der Waals surface area (Å²) in [7, 11) is 0. The number of carbonyl (C=O) groups excluding carboxylic acids is 1. The molecule has 1 rings (SSSR count). The molecule has 2 heteroatoms. The Kier molecular flexibility index (Phi) is 3.84. The first-order valence-electron chi connectivity index (χ1n) is 5.59. The van der Waals surface area contributed by atoms with Crippen molar-refractivity contribution < 1.29 is 9.18 Å². The Hall–Kier alpha value is -1.18. The lowest BCUT2D eigenvalue weighted by Gasteiger charge is -2.16. The van der Waals surface area contributed by atoms with Crippen molar-refractivity contribution >= 4 is 5.78 Å². The Balaban J connectivity index is 2.65. The maximum absolute atomic E-state index is 13.5. The second kappa shape index (κ2) is 4.77. The number of halogens is 1. The average Bonchev–Trinajstić information content (AvgIpc) is 2.14. The van der Waals surface area contributed by atoms with Gasteiger partial charge in [-0.2, -0.15) is 0 Å². The summed E-state index contributed by atoms with van der Waals surface area (Å²) in [5.41, 5.74) is 1.20. The fourth-order valence-electron chi connectivity index (χ4n) is 1.48. The molecule has 0 spiro atoms. The van der Waals surface area contributed by atoms with Crippen molar-refractivity contribution in [3.05, 3.63) is 35.1 Å². The van der Waals surface area contributed by atoms with Crippen LogP contribution in [-0.4, -0.2) is 5.78 Å². The SMILES string of the molecule is Cc1ccc(CCC(=O)C(C)(C)C)c(F)c1. The smallest absolute Gasteiger partial charge is 0.138 e. The molecule has 16 heavy (non-hydrogen) atoms. The van der Waals surface area contributed by atoms with Gasteiger partial charge in [0.1, 0.15) is 11.6 Å². The monoisotopic (exact) mass is 222 g/mol. The zero-order valence-electron chi connectivity index (χ0n) is 10.4. The van der Waals surface area contributed by atoms with E-state index in [1.54, 1.807) is 6.07 Å². The highest BCUT2D eigenvalue weighted by atomic mass is 19.1. The largest absolute Gasteiger partial charge is 0.299 e. The van der Waals surface area contributed by atoms with Gasteiger partial charge in [0.15, 0.2) is 0 Å². The second-order valence-corrected chi connectivity index (χ2v) is 5.27. The van der Waals surface area contributed by atoms with Crippen LogP contribution in [0.4, 0.5) is 4.39 Å². The van der Waals surface area contributed by atoms with Crippen LogP contribution in [-0.2, 0) is 11.2 Å². The van der Waals surface area contributed by atoms with Crippen LogP contribution in [0.5, 0.6) is 0 Å². The first-order chi connectivity index (χ1) is 7.30. The topological polar surface area (TPSA) is 17.1 Å². The van der Waals surface area contributed by atoms with Crippen LogP contribution >= 0.6 is 0 Å². The first-order valence-corrected chi connectivity index (χ1v) is 5.59. The predicted molar refractivity (Wildman–Crippen MR) is 63.9 cm³/mol. The number of benzene rings is 1. The number of aryl methyl sites for hydroxylation is 2. The summed E-state index contributed by atoms with van der Waals surface area (Å²) in [6, 6.07) is 5.15. The predicted octanol–water partition coefficient (Wildman–Crippen LogP) is 3.68. The molecule has 0 fully saturated rings. The van der Waals surface area contributed by atoms with Gasteiger partial charge in [0.05, 0.1) is 0 Å². The van der Waals surface area contributed by atoms with Gasteiger partial charge in [0.2, 0.25) is 0 Å². The molecule has 0 radical (unpaired) electrons. The van der Waals surface area contributed by atoms with E-state index in [2.05, 4.69) is 0 Å². The zero-order chi connectivity index (χ0) is 12.3. The van der Waals surface area contributed by atoms with E-state index in [1.807, 2.05) is 33.8 Å². The maximum atomic E-state index is 13.5. The van der Waals surface area contributed by atoms with E-state index >= 15 is 0 Å². The van der Waals surface area contributed by atoms with Crippen molar-refractivity contribution in [2.45, 2.75) is 40.5 Å². The van der Waals surface area contributed by atoms with Crippen molar-refractivity contribution in [2.24, 2.45) is 5.41 Å². The summed E-state index contributed by atoms with van der Waals surface area (Å²) < 4.78 is 13.5. The number of rotatable bonds is 3. The van der Waals surface area contributed by atoms with Crippen LogP contribution in [0.3, 0.4) is 0 Å². The Morgan fingerprint density at radius 1 is 1.31 bits per heavy atom. The summed E-state index contributed by atoms with van der Waals surface area (Å²) in [5, 5.41) is 0. The Morgan fingerprint density at radius 2 is 1.94 bits per heavy atom. The number of hydrogen-bond acceptors (Lipinski definition) is 1. The van der Waals surface area contributed by atoms with Crippen LogP contribution in [0, 0.1) is 18.2 Å². The molecule has 1 aromatic carbocycles. The van der Waals surface area contributed by atoms with Gasteiger partial charge in [0, 0.05) is 11.8 Å². The molecule has 0 N–H and O–H groups in total. The molecule has 88 valence electrons. The van der Waals surface area contributed by atoms with Gasteiger partial charge in [-0.25, -0.2) is 4.39 Å². The number of ketones is 1. The highest BCUT2D eigenvalue weighted by Gasteiger charge is 2.20. The van der Waals surface area contributed by atoms with Gasteiger partial charge >= 0.3 is 0 Å². The molecule has 0 saturated carbocycles. The van der Waals surface area contributed by atoms with Gasteiger partial charge in [-0.3, -0.25) is 4.79 Å². The van der Waals surface area contributed by atoms with E-state index in [0.717, 1.165) is 5.56 Å². The van der Waals surface area contributed by atoms with E-state index in [-0.39, 0.29) is 17.0 Å². The van der Waals surface area contributed by atoms with Crippen molar-refractivity contribution in [3.63, 3.8) is 0 Å². The van der Waals surface area contributed by atoms with Gasteiger partial charge in [-0.1, -0.05) is 32.9 Å². The number of hydrogen-bond donors (Lipinski definition) is 0. The normalized spacial score (nSPS) is 11.6. The lowest BCUT2D eigenvalue weighted by Crippen LogP contribution is -2.20. The summed E-state index contributed by atoms with van der Waals surface area (Å²) >= 11 is 0. The molecule has 1 nitrogen and oxygen atoms in total. The molecule has 0 aliphatic carbocycles. The highest BCUT2D eigenvalue weighted by molar-refractivity contribution is 5.83. The van der Waals surface area contributed by atoms with Crippen molar-refractivity contribution in [1.82, 2.24) is 0 Å². The van der Waals surface area contributed by atoms with Crippen LogP contribution in [0.15, 0.2) is 18.2 Å². The van der Waals surface area contributed by atoms with E-state index in [9.17, 15) is 9.18 Å². The first kappa shape index (κ1) is 12.9. The maximum Gasteiger partial charge on any atom is 0.138 e. The Labute approximate surface area is 96.7 Å². The molecule has 0 aliphatic heterocycles. The molecule has 0 bridgehead atoms. The molecule has 1 aromatic rings. The fourth-order valence-corrected chi connectivity index (χ4v) is 1.48. The molecular formula is C14H19FO. The minimum absolute atomic E-state index is 0.174. The molecule has 0 amide bonds. The Morgan fingerprint density at radius 3 is 2.44 bits per heavy atom. The second-order valence-electron chi connectivity index (χ2n) is 5.27. The number of carbonyl (C=O) groups is 1. The summed E-state index contributed by atoms with van der Waals surface area (Å²) in [6.07, 6.45) is 0.895.